The highest BCUT2D eigenvalue weighted by molar-refractivity contribution is 6.67. The summed E-state index contributed by atoms with van der Waals surface area (Å²) in [6.45, 7) is 8.61. The molecule has 0 radical (unpaired) electrons. The highest BCUT2D eigenvalue weighted by atomic mass is 35.6. The Balaban J connectivity index is 0. The van der Waals surface area contributed by atoms with Crippen molar-refractivity contribution >= 4 is 75.8 Å². The first-order chi connectivity index (χ1) is 8.23. The molecule has 0 fully saturated rings. The Morgan fingerprint density at radius 2 is 1.11 bits per heavy atom. The van der Waals surface area contributed by atoms with Gasteiger partial charge < -0.3 is 14.8 Å². The maximum absolute atomic E-state index is 10.5. The quantitative estimate of drug-likeness (QED) is 0.514. The lowest BCUT2D eigenvalue weighted by atomic mass is 10.3. The molecule has 10 heteroatoms. The van der Waals surface area contributed by atoms with Crippen LogP contribution in [0.25, 0.3) is 0 Å². The molecule has 0 unspecified atom stereocenters. The normalized spacial score (nSPS) is 12.0. The third-order valence-corrected chi connectivity index (χ3v) is 1.53. The van der Waals surface area contributed by atoms with Crippen molar-refractivity contribution in [1.82, 2.24) is 5.32 Å². The molecule has 0 rings (SSSR count). The van der Waals surface area contributed by atoms with Crippen LogP contribution in [0.2, 0.25) is 0 Å². The van der Waals surface area contributed by atoms with Gasteiger partial charge in [0.15, 0.2) is 0 Å². The van der Waals surface area contributed by atoms with Crippen molar-refractivity contribution in [2.75, 3.05) is 0 Å². The predicted octanol–water partition coefficient (Wildman–Crippen LogP) is 5.19. The Bertz CT molecular complexity index is 238. The van der Waals surface area contributed by atoms with Gasteiger partial charge in [-0.25, -0.2) is 4.79 Å². The minimum atomic E-state index is -2.24. The van der Waals surface area contributed by atoms with Gasteiger partial charge in [0.2, 0.25) is 0 Å². The summed E-state index contributed by atoms with van der Waals surface area (Å²) >= 11 is 30.2. The molecule has 19 heavy (non-hydrogen) atoms. The molecule has 0 heterocycles. The van der Waals surface area contributed by atoms with Crippen molar-refractivity contribution in [2.45, 2.75) is 47.7 Å². The molecule has 116 valence electrons. The second-order valence-electron chi connectivity index (χ2n) is 3.82. The summed E-state index contributed by atoms with van der Waals surface area (Å²) in [6, 6.07) is 1.25. The van der Waals surface area contributed by atoms with Crippen molar-refractivity contribution < 1.29 is 14.3 Å². The molecule has 0 aromatic heterocycles. The van der Waals surface area contributed by atoms with Crippen molar-refractivity contribution in [3.05, 3.63) is 0 Å². The molecule has 0 saturated carbocycles. The largest absolute Gasteiger partial charge is 0.515 e. The predicted molar refractivity (Wildman–Crippen MR) is 81.6 cm³/mol. The van der Waals surface area contributed by atoms with E-state index in [0.717, 1.165) is 0 Å². The van der Waals surface area contributed by atoms with Gasteiger partial charge in [0.1, 0.15) is 0 Å². The van der Waals surface area contributed by atoms with E-state index in [4.69, 9.17) is 69.6 Å². The lowest BCUT2D eigenvalue weighted by molar-refractivity contribution is 0.0508. The van der Waals surface area contributed by atoms with Gasteiger partial charge in [0.25, 0.3) is 0 Å². The van der Waals surface area contributed by atoms with Gasteiger partial charge in [0, 0.05) is 12.1 Å². The van der Waals surface area contributed by atoms with E-state index in [1.54, 1.807) is 0 Å². The van der Waals surface area contributed by atoms with E-state index in [1.165, 1.54) is 0 Å². The van der Waals surface area contributed by atoms with Crippen LogP contribution >= 0.6 is 69.6 Å². The molecule has 0 atom stereocenters. The van der Waals surface area contributed by atoms with Crippen LogP contribution in [0.4, 0.5) is 4.79 Å². The number of rotatable bonds is 2. The fraction of sp³-hybridized carbons (Fsp3) is 0.889. The van der Waals surface area contributed by atoms with Crippen LogP contribution in [0.5, 0.6) is 0 Å². The molecule has 0 bridgehead atoms. The average molecular weight is 398 g/mol. The van der Waals surface area contributed by atoms with Gasteiger partial charge in [0.05, 0.1) is 0 Å². The van der Waals surface area contributed by atoms with Crippen LogP contribution in [-0.4, -0.2) is 26.2 Å². The summed E-state index contributed by atoms with van der Waals surface area (Å²) in [7, 11) is 0. The smallest absolute Gasteiger partial charge is 0.382 e. The molecule has 0 aliphatic rings. The molecule has 0 aromatic rings. The van der Waals surface area contributed by atoms with E-state index in [2.05, 4.69) is 42.5 Å². The molecule has 1 N–H and O–H groups in total. The minimum Gasteiger partial charge on any atom is -0.382 e. The Morgan fingerprint density at radius 1 is 0.842 bits per heavy atom. The zero-order valence-corrected chi connectivity index (χ0v) is 15.2. The van der Waals surface area contributed by atoms with Gasteiger partial charge in [-0.1, -0.05) is 27.7 Å². The summed E-state index contributed by atoms with van der Waals surface area (Å²) in [4.78, 5) is 10.5. The van der Waals surface area contributed by atoms with Crippen LogP contribution < -0.4 is 5.32 Å². The molecular formula is C9H15Cl6NO3. The number of alkyl halides is 6. The lowest BCUT2D eigenvalue weighted by Gasteiger charge is -2.15. The lowest BCUT2D eigenvalue weighted by Crippen LogP contribution is -2.29. The van der Waals surface area contributed by atoms with Crippen molar-refractivity contribution in [2.24, 2.45) is 0 Å². The van der Waals surface area contributed by atoms with E-state index >= 15 is 0 Å². The van der Waals surface area contributed by atoms with Crippen molar-refractivity contribution in [3.63, 3.8) is 0 Å². The number of carbonyl (C=O) groups is 1. The molecule has 0 aromatic carbocycles. The molecule has 0 amide bonds. The average Bonchev–Trinajstić information content (AvgIpc) is 1.91. The van der Waals surface area contributed by atoms with E-state index in [-0.39, 0.29) is 0 Å². The first-order valence-electron chi connectivity index (χ1n) is 5.04. The van der Waals surface area contributed by atoms with Crippen LogP contribution in [0.3, 0.4) is 0 Å². The molecular weight excluding hydrogens is 383 g/mol. The third-order valence-electron chi connectivity index (χ3n) is 1.06. The molecule has 4 nitrogen and oxygen atoms in total. The summed E-state index contributed by atoms with van der Waals surface area (Å²) in [5.41, 5.74) is 0. The minimum absolute atomic E-state index is 0.625. The highest BCUT2D eigenvalue weighted by Crippen LogP contribution is 2.32. The SMILES string of the molecule is CC(C)NC(C)C.O=C(OC(Cl)(Cl)Cl)OC(Cl)(Cl)Cl. The second-order valence-corrected chi connectivity index (χ2v) is 8.18. The van der Waals surface area contributed by atoms with Crippen LogP contribution in [0, 0.1) is 0 Å². The number of carbonyl (C=O) groups excluding carboxylic acids is 1. The molecule has 0 spiro atoms. The molecule has 0 aliphatic heterocycles. The van der Waals surface area contributed by atoms with E-state index < -0.39 is 14.1 Å². The zero-order chi connectivity index (χ0) is 15.9. The summed E-state index contributed by atoms with van der Waals surface area (Å²) in [6.07, 6.45) is -1.41. The molecule has 0 aliphatic carbocycles. The Hall–Kier alpha value is 0.970. The van der Waals surface area contributed by atoms with Gasteiger partial charge in [-0.15, -0.1) is 0 Å². The van der Waals surface area contributed by atoms with Crippen molar-refractivity contribution in [1.29, 1.82) is 0 Å². The van der Waals surface area contributed by atoms with Crippen LogP contribution in [-0.2, 0) is 9.47 Å². The number of ether oxygens (including phenoxy) is 2. The third kappa shape index (κ3) is 24.4. The number of hydrogen-bond donors (Lipinski definition) is 1. The fourth-order valence-corrected chi connectivity index (χ4v) is 1.25. The topological polar surface area (TPSA) is 47.6 Å². The number of hydrogen-bond acceptors (Lipinski definition) is 4. The Morgan fingerprint density at radius 3 is 1.21 bits per heavy atom. The van der Waals surface area contributed by atoms with E-state index in [1.807, 2.05) is 0 Å². The first kappa shape index (κ1) is 22.3. The van der Waals surface area contributed by atoms with Crippen molar-refractivity contribution in [3.8, 4) is 0 Å². The van der Waals surface area contributed by atoms with E-state index in [0.29, 0.717) is 12.1 Å². The number of nitrogens with one attached hydrogen (secondary N) is 1. The van der Waals surface area contributed by atoms with Crippen LogP contribution in [0.1, 0.15) is 27.7 Å². The summed E-state index contributed by atoms with van der Waals surface area (Å²) < 4.78 is 3.50. The second kappa shape index (κ2) is 9.82. The standard InChI is InChI=1S/C6H15N.C3Cl6O3/c1-5(2)7-6(3)4;4-2(5,6)11-1(10)12-3(7,8)9/h5-7H,1-4H3;. The maximum Gasteiger partial charge on any atom is 0.515 e. The van der Waals surface area contributed by atoms with Gasteiger partial charge in [-0.2, -0.15) is 0 Å². The van der Waals surface area contributed by atoms with E-state index in [9.17, 15) is 4.79 Å². The highest BCUT2D eigenvalue weighted by Gasteiger charge is 2.32. The molecule has 0 saturated heterocycles. The van der Waals surface area contributed by atoms with Gasteiger partial charge >= 0.3 is 14.1 Å². The fourth-order valence-electron chi connectivity index (χ4n) is 0.876. The monoisotopic (exact) mass is 395 g/mol. The summed E-state index contributed by atoms with van der Waals surface area (Å²) in [5.74, 6) is 0. The zero-order valence-electron chi connectivity index (χ0n) is 10.6. The van der Waals surface area contributed by atoms with Gasteiger partial charge in [-0.05, 0) is 69.6 Å². The Kier molecular flexibility index (Phi) is 11.5. The van der Waals surface area contributed by atoms with Gasteiger partial charge in [-0.3, -0.25) is 0 Å². The number of halogens is 6. The van der Waals surface area contributed by atoms with Crippen LogP contribution in [0.15, 0.2) is 0 Å². The Labute approximate surface area is 142 Å². The summed E-state index contributed by atoms with van der Waals surface area (Å²) in [5, 5.41) is 3.31. The maximum atomic E-state index is 10.5. The first-order valence-corrected chi connectivity index (χ1v) is 7.31.